The van der Waals surface area contributed by atoms with Crippen molar-refractivity contribution in [3.8, 4) is 39.8 Å². The van der Waals surface area contributed by atoms with Crippen LogP contribution in [0.2, 0.25) is 0 Å². The largest absolute Gasteiger partial charge is 0.478 e. The van der Waals surface area contributed by atoms with E-state index in [-0.39, 0.29) is 26.9 Å². The maximum Gasteiger partial charge on any atom is 0.335 e. The first-order chi connectivity index (χ1) is 18.8. The summed E-state index contributed by atoms with van der Waals surface area (Å²) in [6, 6.07) is 27.5. The Bertz CT molecular complexity index is 1820. The van der Waals surface area contributed by atoms with Crippen molar-refractivity contribution in [2.24, 2.45) is 0 Å². The van der Waals surface area contributed by atoms with Gasteiger partial charge in [0.1, 0.15) is 23.9 Å². The monoisotopic (exact) mass is 554 g/mol. The first-order valence-electron chi connectivity index (χ1n) is 11.4. The topological polar surface area (TPSA) is 142 Å². The third-order valence-corrected chi connectivity index (χ3v) is 7.74. The number of hydrogen-bond donors (Lipinski definition) is 2. The van der Waals surface area contributed by atoms with Gasteiger partial charge in [0.05, 0.1) is 16.0 Å². The predicted octanol–water partition coefficient (Wildman–Crippen LogP) is 6.04. The molecule has 0 unspecified atom stereocenters. The van der Waals surface area contributed by atoms with E-state index in [1.807, 2.05) is 48.5 Å². The van der Waals surface area contributed by atoms with Crippen LogP contribution in [0.3, 0.4) is 0 Å². The van der Waals surface area contributed by atoms with Gasteiger partial charge in [0.25, 0.3) is 10.0 Å². The van der Waals surface area contributed by atoms with Gasteiger partial charge in [-0.3, -0.25) is 4.72 Å². The van der Waals surface area contributed by atoms with E-state index in [1.165, 1.54) is 30.6 Å². The van der Waals surface area contributed by atoms with Gasteiger partial charge in [0.15, 0.2) is 0 Å². The molecular formula is C28H18N4O5S2. The zero-order valence-corrected chi connectivity index (χ0v) is 21.6. The molecule has 9 nitrogen and oxygen atoms in total. The molecule has 0 saturated carbocycles. The van der Waals surface area contributed by atoms with Gasteiger partial charge in [0.2, 0.25) is 5.13 Å². The summed E-state index contributed by atoms with van der Waals surface area (Å²) in [5, 5.41) is 19.4. The van der Waals surface area contributed by atoms with Crippen molar-refractivity contribution in [1.82, 2.24) is 9.36 Å². The maximum absolute atomic E-state index is 12.8. The standard InChI is InChI=1S/C28H18N4O5S2/c29-16-22-14-23(39(35,36)32-28-30-17-31-38-28)10-12-25(22)37-26-11-9-19(18-5-2-1-3-6-18)15-24(26)20-7-4-8-21(13-20)27(33)34/h1-15,17H,(H,33,34)(H,30,31,32). The average molecular weight is 555 g/mol. The van der Waals surface area contributed by atoms with Crippen molar-refractivity contribution in [2.75, 3.05) is 4.72 Å². The molecule has 2 N–H and O–H groups in total. The van der Waals surface area contributed by atoms with Crippen LogP contribution in [0.25, 0.3) is 22.3 Å². The lowest BCUT2D eigenvalue weighted by Crippen LogP contribution is -2.13. The van der Waals surface area contributed by atoms with E-state index in [0.29, 0.717) is 16.9 Å². The van der Waals surface area contributed by atoms with Gasteiger partial charge in [-0.2, -0.15) is 9.64 Å². The summed E-state index contributed by atoms with van der Waals surface area (Å²) in [6.45, 7) is 0. The number of ether oxygens (including phenoxy) is 1. The number of carboxylic acids is 1. The van der Waals surface area contributed by atoms with Gasteiger partial charge < -0.3 is 9.84 Å². The van der Waals surface area contributed by atoms with E-state index in [0.717, 1.165) is 22.7 Å². The van der Waals surface area contributed by atoms with Crippen LogP contribution in [0.15, 0.2) is 102 Å². The molecule has 192 valence electrons. The molecule has 5 rings (SSSR count). The fourth-order valence-corrected chi connectivity index (χ4v) is 5.52. The molecule has 0 fully saturated rings. The number of nitriles is 1. The molecule has 4 aromatic carbocycles. The minimum Gasteiger partial charge on any atom is -0.478 e. The molecule has 0 atom stereocenters. The second-order valence-electron chi connectivity index (χ2n) is 8.19. The van der Waals surface area contributed by atoms with Crippen LogP contribution < -0.4 is 9.46 Å². The zero-order chi connectivity index (χ0) is 27.4. The summed E-state index contributed by atoms with van der Waals surface area (Å²) in [5.41, 5.74) is 3.13. The van der Waals surface area contributed by atoms with Gasteiger partial charge in [-0.25, -0.2) is 18.2 Å². The summed E-state index contributed by atoms with van der Waals surface area (Å²) in [7, 11) is -4.01. The van der Waals surface area contributed by atoms with Crippen LogP contribution in [0, 0.1) is 11.3 Å². The molecule has 39 heavy (non-hydrogen) atoms. The average Bonchev–Trinajstić information content (AvgIpc) is 3.46. The lowest BCUT2D eigenvalue weighted by molar-refractivity contribution is 0.0697. The molecule has 0 spiro atoms. The molecule has 0 amide bonds. The second kappa shape index (κ2) is 10.7. The first kappa shape index (κ1) is 25.6. The van der Waals surface area contributed by atoms with E-state index in [1.54, 1.807) is 24.3 Å². The van der Waals surface area contributed by atoms with Crippen LogP contribution in [-0.4, -0.2) is 28.9 Å². The number of benzene rings is 4. The van der Waals surface area contributed by atoms with Crippen LogP contribution in [0.5, 0.6) is 11.5 Å². The first-order valence-corrected chi connectivity index (χ1v) is 13.6. The molecule has 0 saturated heterocycles. The Kier molecular flexibility index (Phi) is 7.05. The minimum absolute atomic E-state index is 0.00693. The van der Waals surface area contributed by atoms with E-state index in [9.17, 15) is 23.6 Å². The molecule has 1 heterocycles. The number of nitrogens with zero attached hydrogens (tertiary/aromatic N) is 3. The highest BCUT2D eigenvalue weighted by Crippen LogP contribution is 2.38. The number of sulfonamides is 1. The zero-order valence-electron chi connectivity index (χ0n) is 20.0. The number of aromatic nitrogens is 2. The fraction of sp³-hybridized carbons (Fsp3) is 0. The van der Waals surface area contributed by atoms with Crippen molar-refractivity contribution < 1.29 is 23.1 Å². The van der Waals surface area contributed by atoms with Crippen molar-refractivity contribution in [2.45, 2.75) is 4.90 Å². The van der Waals surface area contributed by atoms with Crippen molar-refractivity contribution in [1.29, 1.82) is 5.26 Å². The summed E-state index contributed by atoms with van der Waals surface area (Å²) in [6.07, 6.45) is 1.23. The van der Waals surface area contributed by atoms with E-state index >= 15 is 0 Å². The molecule has 0 radical (unpaired) electrons. The molecule has 0 aliphatic carbocycles. The minimum atomic E-state index is -4.01. The van der Waals surface area contributed by atoms with E-state index < -0.39 is 16.0 Å². The van der Waals surface area contributed by atoms with Crippen LogP contribution in [0.1, 0.15) is 15.9 Å². The fourth-order valence-electron chi connectivity index (χ4n) is 3.84. The molecular weight excluding hydrogens is 536 g/mol. The second-order valence-corrected chi connectivity index (χ2v) is 10.6. The number of nitrogens with one attached hydrogen (secondary N) is 1. The Morgan fingerprint density at radius 2 is 1.67 bits per heavy atom. The Morgan fingerprint density at radius 1 is 0.897 bits per heavy atom. The highest BCUT2D eigenvalue weighted by atomic mass is 32.2. The highest BCUT2D eigenvalue weighted by molar-refractivity contribution is 7.93. The summed E-state index contributed by atoms with van der Waals surface area (Å²) < 4.78 is 37.8. The SMILES string of the molecule is N#Cc1cc(S(=O)(=O)Nc2ncns2)ccc1Oc1ccc(-c2ccccc2)cc1-c1cccc(C(=O)O)c1. The number of carboxylic acid groups (broad SMARTS) is 1. The Morgan fingerprint density at radius 3 is 2.38 bits per heavy atom. The number of aromatic carboxylic acids is 1. The van der Waals surface area contributed by atoms with Crippen LogP contribution in [-0.2, 0) is 10.0 Å². The van der Waals surface area contributed by atoms with Gasteiger partial charge in [-0.1, -0.05) is 48.5 Å². The molecule has 1 aromatic heterocycles. The molecule has 0 aliphatic rings. The number of hydrogen-bond acceptors (Lipinski definition) is 8. The van der Waals surface area contributed by atoms with Gasteiger partial charge in [-0.15, -0.1) is 0 Å². The summed E-state index contributed by atoms with van der Waals surface area (Å²) >= 11 is 0.883. The van der Waals surface area contributed by atoms with Crippen molar-refractivity contribution in [3.63, 3.8) is 0 Å². The molecule has 0 aliphatic heterocycles. The summed E-state index contributed by atoms with van der Waals surface area (Å²) in [5.74, 6) is -0.573. The lowest BCUT2D eigenvalue weighted by Gasteiger charge is -2.15. The Balaban J connectivity index is 1.56. The van der Waals surface area contributed by atoms with Crippen LogP contribution >= 0.6 is 11.5 Å². The molecule has 5 aromatic rings. The predicted molar refractivity (Wildman–Crippen MR) is 146 cm³/mol. The van der Waals surface area contributed by atoms with Gasteiger partial charge in [-0.05, 0) is 59.2 Å². The number of rotatable bonds is 8. The van der Waals surface area contributed by atoms with Crippen molar-refractivity contribution in [3.05, 3.63) is 108 Å². The van der Waals surface area contributed by atoms with Gasteiger partial charge in [0, 0.05) is 17.1 Å². The quantitative estimate of drug-likeness (QED) is 0.237. The van der Waals surface area contributed by atoms with E-state index in [2.05, 4.69) is 14.1 Å². The maximum atomic E-state index is 12.8. The third-order valence-electron chi connectivity index (χ3n) is 5.69. The van der Waals surface area contributed by atoms with E-state index in [4.69, 9.17) is 4.74 Å². The number of carbonyl (C=O) groups is 1. The molecule has 0 bridgehead atoms. The smallest absolute Gasteiger partial charge is 0.335 e. The Labute approximate surface area is 227 Å². The summed E-state index contributed by atoms with van der Waals surface area (Å²) in [4.78, 5) is 15.3. The van der Waals surface area contributed by atoms with Gasteiger partial charge >= 0.3 is 5.97 Å². The number of anilines is 1. The van der Waals surface area contributed by atoms with Crippen molar-refractivity contribution >= 4 is 32.7 Å². The highest BCUT2D eigenvalue weighted by Gasteiger charge is 2.20. The molecule has 11 heteroatoms. The van der Waals surface area contributed by atoms with Crippen LogP contribution in [0.4, 0.5) is 5.13 Å². The normalized spacial score (nSPS) is 10.9. The lowest BCUT2D eigenvalue weighted by atomic mass is 9.97. The Hall–Kier alpha value is -5.05. The third kappa shape index (κ3) is 5.62.